The van der Waals surface area contributed by atoms with Gasteiger partial charge in [0.05, 0.1) is 0 Å². The third kappa shape index (κ3) is 4.11. The van der Waals surface area contributed by atoms with Crippen LogP contribution in [0.3, 0.4) is 0 Å². The molecule has 0 N–H and O–H groups in total. The van der Waals surface area contributed by atoms with Gasteiger partial charge < -0.3 is 4.57 Å². The van der Waals surface area contributed by atoms with E-state index in [9.17, 15) is 0 Å². The van der Waals surface area contributed by atoms with Gasteiger partial charge in [0.25, 0.3) is 0 Å². The molecule has 0 unspecified atom stereocenters. The highest BCUT2D eigenvalue weighted by Gasteiger charge is 2.18. The molecule has 3 heteroatoms. The van der Waals surface area contributed by atoms with Gasteiger partial charge in [0.1, 0.15) is 8.24 Å². The van der Waals surface area contributed by atoms with E-state index < -0.39 is 8.24 Å². The minimum Gasteiger partial charge on any atom is -0.326 e. The molecule has 56 valence electrons. The fourth-order valence-electron chi connectivity index (χ4n) is 0.462. The summed E-state index contributed by atoms with van der Waals surface area (Å²) in [6.07, 6.45) is 0. The van der Waals surface area contributed by atoms with Gasteiger partial charge in [-0.05, 0) is 7.05 Å². The standard InChI is InChI=1S/C6H16BrNSi/c1-8(6-5-7)9(2,3)4/h5-6H2,1-4H3. The van der Waals surface area contributed by atoms with Crippen LogP contribution in [0.4, 0.5) is 0 Å². The van der Waals surface area contributed by atoms with E-state index in [2.05, 4.69) is 47.2 Å². The zero-order valence-electron chi connectivity index (χ0n) is 6.74. The van der Waals surface area contributed by atoms with Crippen molar-refractivity contribution in [2.75, 3.05) is 18.9 Å². The monoisotopic (exact) mass is 209 g/mol. The Morgan fingerprint density at radius 3 is 1.89 bits per heavy atom. The third-order valence-corrected chi connectivity index (χ3v) is 4.43. The fourth-order valence-corrected chi connectivity index (χ4v) is 2.10. The summed E-state index contributed by atoms with van der Waals surface area (Å²) in [6.45, 7) is 8.25. The van der Waals surface area contributed by atoms with Crippen LogP contribution in [0.1, 0.15) is 0 Å². The van der Waals surface area contributed by atoms with Crippen molar-refractivity contribution in [1.29, 1.82) is 0 Å². The van der Waals surface area contributed by atoms with E-state index in [0.29, 0.717) is 0 Å². The Morgan fingerprint density at radius 2 is 1.78 bits per heavy atom. The highest BCUT2D eigenvalue weighted by atomic mass is 79.9. The summed E-state index contributed by atoms with van der Waals surface area (Å²) in [7, 11) is 1.22. The lowest BCUT2D eigenvalue weighted by Gasteiger charge is -2.28. The second-order valence-electron chi connectivity index (χ2n) is 3.28. The molecular weight excluding hydrogens is 194 g/mol. The van der Waals surface area contributed by atoms with Gasteiger partial charge >= 0.3 is 0 Å². The first-order valence-corrected chi connectivity index (χ1v) is 7.82. The Morgan fingerprint density at radius 1 is 1.33 bits per heavy atom. The first-order valence-electron chi connectivity index (χ1n) is 3.25. The third-order valence-electron chi connectivity index (χ3n) is 1.57. The smallest absolute Gasteiger partial charge is 0.118 e. The van der Waals surface area contributed by atoms with Crippen LogP contribution in [-0.4, -0.2) is 31.7 Å². The highest BCUT2D eigenvalue weighted by Crippen LogP contribution is 2.05. The number of nitrogens with zero attached hydrogens (tertiary/aromatic N) is 1. The largest absolute Gasteiger partial charge is 0.326 e. The second-order valence-corrected chi connectivity index (χ2v) is 9.18. The van der Waals surface area contributed by atoms with Crippen molar-refractivity contribution in [3.05, 3.63) is 0 Å². The lowest BCUT2D eigenvalue weighted by atomic mass is 10.8. The molecule has 0 heterocycles. The molecule has 0 amide bonds. The van der Waals surface area contributed by atoms with Crippen molar-refractivity contribution in [3.8, 4) is 0 Å². The molecule has 0 atom stereocenters. The lowest BCUT2D eigenvalue weighted by Crippen LogP contribution is -2.43. The van der Waals surface area contributed by atoms with E-state index >= 15 is 0 Å². The zero-order chi connectivity index (χ0) is 7.49. The van der Waals surface area contributed by atoms with Crippen molar-refractivity contribution in [1.82, 2.24) is 4.57 Å². The summed E-state index contributed by atoms with van der Waals surface area (Å²) in [6, 6.07) is 0. The summed E-state index contributed by atoms with van der Waals surface area (Å²) >= 11 is 3.42. The van der Waals surface area contributed by atoms with Crippen molar-refractivity contribution in [2.45, 2.75) is 19.6 Å². The maximum atomic E-state index is 3.42. The molecule has 0 aromatic carbocycles. The minimum absolute atomic E-state index is 0.978. The molecule has 0 radical (unpaired) electrons. The van der Waals surface area contributed by atoms with Gasteiger partial charge in [-0.3, -0.25) is 0 Å². The lowest BCUT2D eigenvalue weighted by molar-refractivity contribution is 0.546. The summed E-state index contributed by atoms with van der Waals surface area (Å²) in [4.78, 5) is 0. The summed E-state index contributed by atoms with van der Waals surface area (Å²) in [5.74, 6) is 0. The van der Waals surface area contributed by atoms with Gasteiger partial charge in [-0.25, -0.2) is 0 Å². The number of halogens is 1. The molecular formula is C6H16BrNSi. The van der Waals surface area contributed by atoms with Crippen molar-refractivity contribution in [3.63, 3.8) is 0 Å². The molecule has 0 aromatic rings. The van der Waals surface area contributed by atoms with Gasteiger partial charge in [0.2, 0.25) is 0 Å². The Balaban J connectivity index is 3.59. The minimum atomic E-state index is -0.978. The predicted octanol–water partition coefficient (Wildman–Crippen LogP) is 2.15. The molecule has 0 aliphatic carbocycles. The van der Waals surface area contributed by atoms with Crippen LogP contribution in [-0.2, 0) is 0 Å². The van der Waals surface area contributed by atoms with E-state index in [-0.39, 0.29) is 0 Å². The normalized spacial score (nSPS) is 12.7. The molecule has 0 fully saturated rings. The maximum Gasteiger partial charge on any atom is 0.118 e. The zero-order valence-corrected chi connectivity index (χ0v) is 9.33. The van der Waals surface area contributed by atoms with Gasteiger partial charge in [-0.15, -0.1) is 0 Å². The number of hydrogen-bond acceptors (Lipinski definition) is 1. The first kappa shape index (κ1) is 9.66. The number of alkyl halides is 1. The van der Waals surface area contributed by atoms with Gasteiger partial charge in [0, 0.05) is 11.9 Å². The van der Waals surface area contributed by atoms with Crippen LogP contribution in [0.15, 0.2) is 0 Å². The molecule has 1 nitrogen and oxygen atoms in total. The van der Waals surface area contributed by atoms with Crippen LogP contribution in [0, 0.1) is 0 Å². The van der Waals surface area contributed by atoms with Crippen LogP contribution in [0.5, 0.6) is 0 Å². The van der Waals surface area contributed by atoms with Crippen LogP contribution >= 0.6 is 15.9 Å². The predicted molar refractivity (Wildman–Crippen MR) is 49.8 cm³/mol. The summed E-state index contributed by atoms with van der Waals surface area (Å²) < 4.78 is 2.46. The van der Waals surface area contributed by atoms with E-state index in [1.54, 1.807) is 0 Å². The Labute approximate surface area is 67.7 Å². The highest BCUT2D eigenvalue weighted by molar-refractivity contribution is 9.09. The molecule has 0 saturated heterocycles. The summed E-state index contributed by atoms with van der Waals surface area (Å²) in [5.41, 5.74) is 0. The van der Waals surface area contributed by atoms with Crippen LogP contribution < -0.4 is 0 Å². The topological polar surface area (TPSA) is 3.24 Å². The van der Waals surface area contributed by atoms with Crippen LogP contribution in [0.25, 0.3) is 0 Å². The van der Waals surface area contributed by atoms with E-state index in [4.69, 9.17) is 0 Å². The van der Waals surface area contributed by atoms with Crippen molar-refractivity contribution < 1.29 is 0 Å². The molecule has 0 saturated carbocycles. The molecule has 0 aliphatic heterocycles. The molecule has 0 bridgehead atoms. The van der Waals surface area contributed by atoms with E-state index in [1.807, 2.05) is 0 Å². The molecule has 0 aromatic heterocycles. The SMILES string of the molecule is CN(CCBr)[Si](C)(C)C. The molecule has 0 spiro atoms. The average Bonchev–Trinajstić information content (AvgIpc) is 1.64. The first-order chi connectivity index (χ1) is 3.98. The fraction of sp³-hybridized carbons (Fsp3) is 1.00. The van der Waals surface area contributed by atoms with Crippen molar-refractivity contribution >= 4 is 24.2 Å². The van der Waals surface area contributed by atoms with Gasteiger partial charge in [0.15, 0.2) is 0 Å². The number of rotatable bonds is 3. The molecule has 0 rings (SSSR count). The Kier molecular flexibility index (Phi) is 4.01. The van der Waals surface area contributed by atoms with Crippen LogP contribution in [0.2, 0.25) is 19.6 Å². The summed E-state index contributed by atoms with van der Waals surface area (Å²) in [5, 5.41) is 1.09. The maximum absolute atomic E-state index is 3.42. The van der Waals surface area contributed by atoms with Crippen molar-refractivity contribution in [2.24, 2.45) is 0 Å². The van der Waals surface area contributed by atoms with E-state index in [0.717, 1.165) is 5.33 Å². The van der Waals surface area contributed by atoms with E-state index in [1.165, 1.54) is 6.54 Å². The Bertz CT molecular complexity index is 79.6. The quantitative estimate of drug-likeness (QED) is 0.509. The average molecular weight is 210 g/mol. The van der Waals surface area contributed by atoms with Gasteiger partial charge in [-0.1, -0.05) is 35.6 Å². The Hall–Kier alpha value is 0.657. The van der Waals surface area contributed by atoms with Gasteiger partial charge in [-0.2, -0.15) is 0 Å². The number of hydrogen-bond donors (Lipinski definition) is 0. The second kappa shape index (κ2) is 3.74. The molecule has 9 heavy (non-hydrogen) atoms. The molecule has 0 aliphatic rings.